The molecule has 2 aromatic carbocycles. The number of hydrogen-bond acceptors (Lipinski definition) is 3. The van der Waals surface area contributed by atoms with Gasteiger partial charge in [0.1, 0.15) is 5.75 Å². The van der Waals surface area contributed by atoms with E-state index < -0.39 is 18.1 Å². The lowest BCUT2D eigenvalue weighted by Crippen LogP contribution is -2.52. The summed E-state index contributed by atoms with van der Waals surface area (Å²) in [4.78, 5) is 14.0. The van der Waals surface area contributed by atoms with Crippen molar-refractivity contribution in [2.45, 2.75) is 88.7 Å². The number of halogens is 4. The second-order valence-electron chi connectivity index (χ2n) is 10.5. The van der Waals surface area contributed by atoms with E-state index in [1.807, 2.05) is 12.1 Å². The molecular formula is C27H31ClF3NO3. The van der Waals surface area contributed by atoms with Crippen LogP contribution in [0.25, 0.3) is 10.8 Å². The Bertz CT molecular complexity index is 1070. The monoisotopic (exact) mass is 509 g/mol. The maximum absolute atomic E-state index is 13.0. The minimum Gasteiger partial charge on any atom is -0.489 e. The van der Waals surface area contributed by atoms with E-state index >= 15 is 0 Å². The third-order valence-corrected chi connectivity index (χ3v) is 8.65. The van der Waals surface area contributed by atoms with Crippen LogP contribution in [0, 0.1) is 11.8 Å². The largest absolute Gasteiger partial charge is 0.489 e. The Morgan fingerprint density at radius 1 is 1.03 bits per heavy atom. The van der Waals surface area contributed by atoms with E-state index in [-0.39, 0.29) is 36.9 Å². The number of hydrogen-bond donors (Lipinski definition) is 1. The fourth-order valence-electron chi connectivity index (χ4n) is 6.34. The maximum atomic E-state index is 13.0. The van der Waals surface area contributed by atoms with Gasteiger partial charge in [-0.15, -0.1) is 0 Å². The number of carboxylic acid groups (broad SMARTS) is 1. The van der Waals surface area contributed by atoms with E-state index in [0.29, 0.717) is 36.5 Å². The molecule has 2 atom stereocenters. The van der Waals surface area contributed by atoms with Crippen molar-refractivity contribution in [2.24, 2.45) is 11.8 Å². The molecule has 3 fully saturated rings. The molecule has 190 valence electrons. The summed E-state index contributed by atoms with van der Waals surface area (Å²) in [5.74, 6) is -1.65. The van der Waals surface area contributed by atoms with Crippen LogP contribution < -0.4 is 4.74 Å². The summed E-state index contributed by atoms with van der Waals surface area (Å²) in [7, 11) is 0. The van der Waals surface area contributed by atoms with E-state index in [4.69, 9.17) is 16.3 Å². The van der Waals surface area contributed by atoms with Gasteiger partial charge in [0, 0.05) is 24.0 Å². The van der Waals surface area contributed by atoms with E-state index in [0.717, 1.165) is 42.1 Å². The average Bonchev–Trinajstić information content (AvgIpc) is 2.80. The zero-order valence-electron chi connectivity index (χ0n) is 19.6. The molecule has 0 amide bonds. The van der Waals surface area contributed by atoms with Gasteiger partial charge < -0.3 is 9.84 Å². The molecule has 2 saturated heterocycles. The molecule has 0 aromatic heterocycles. The molecule has 4 nitrogen and oxygen atoms in total. The minimum absolute atomic E-state index is 0.0877. The highest BCUT2D eigenvalue weighted by Gasteiger charge is 2.42. The minimum atomic E-state index is -4.14. The Labute approximate surface area is 208 Å². The molecule has 1 aliphatic carbocycles. The van der Waals surface area contributed by atoms with Gasteiger partial charge in [0.2, 0.25) is 0 Å². The zero-order valence-corrected chi connectivity index (χ0v) is 20.3. The topological polar surface area (TPSA) is 49.8 Å². The molecule has 8 heteroatoms. The van der Waals surface area contributed by atoms with Gasteiger partial charge in [0.25, 0.3) is 0 Å². The highest BCUT2D eigenvalue weighted by atomic mass is 35.5. The third kappa shape index (κ3) is 5.26. The van der Waals surface area contributed by atoms with Crippen molar-refractivity contribution in [1.82, 2.24) is 4.90 Å². The van der Waals surface area contributed by atoms with Crippen LogP contribution in [-0.2, 0) is 11.3 Å². The number of fused-ring (bicyclic) bond motifs is 3. The number of benzene rings is 2. The van der Waals surface area contributed by atoms with Crippen molar-refractivity contribution in [2.75, 3.05) is 0 Å². The van der Waals surface area contributed by atoms with Crippen LogP contribution in [0.5, 0.6) is 5.75 Å². The molecule has 35 heavy (non-hydrogen) atoms. The van der Waals surface area contributed by atoms with Crippen LogP contribution in [-0.4, -0.2) is 40.3 Å². The molecule has 2 aromatic rings. The van der Waals surface area contributed by atoms with Gasteiger partial charge >= 0.3 is 12.1 Å². The molecular weight excluding hydrogens is 479 g/mol. The number of ether oxygens (including phenoxy) is 1. The normalized spacial score (nSPS) is 29.8. The fourth-order valence-corrected chi connectivity index (χ4v) is 6.61. The number of piperidine rings is 2. The quantitative estimate of drug-likeness (QED) is 0.462. The first-order valence-corrected chi connectivity index (χ1v) is 13.0. The van der Waals surface area contributed by atoms with Crippen molar-refractivity contribution >= 4 is 28.3 Å². The zero-order chi connectivity index (χ0) is 24.7. The van der Waals surface area contributed by atoms with E-state index in [1.54, 1.807) is 6.07 Å². The lowest BCUT2D eigenvalue weighted by Gasteiger charge is -2.48. The van der Waals surface area contributed by atoms with E-state index in [1.165, 1.54) is 0 Å². The molecule has 0 spiro atoms. The van der Waals surface area contributed by atoms with Crippen LogP contribution in [0.2, 0.25) is 5.02 Å². The molecule has 1 saturated carbocycles. The fraction of sp³-hybridized carbons (Fsp3) is 0.593. The summed E-state index contributed by atoms with van der Waals surface area (Å²) in [6, 6.07) is 10.5. The van der Waals surface area contributed by atoms with Gasteiger partial charge in [-0.25, -0.2) is 0 Å². The van der Waals surface area contributed by atoms with Gasteiger partial charge in [-0.05, 0) is 74.4 Å². The molecule has 2 aliphatic heterocycles. The van der Waals surface area contributed by atoms with Crippen LogP contribution in [0.15, 0.2) is 30.3 Å². The third-order valence-electron chi connectivity index (χ3n) is 8.26. The second kappa shape index (κ2) is 9.81. The molecule has 0 radical (unpaired) electrons. The van der Waals surface area contributed by atoms with Gasteiger partial charge in [-0.2, -0.15) is 13.2 Å². The summed E-state index contributed by atoms with van der Waals surface area (Å²) >= 11 is 6.74. The Hall–Kier alpha value is -1.99. The number of aliphatic carboxylic acids is 1. The maximum Gasteiger partial charge on any atom is 0.391 e. The van der Waals surface area contributed by atoms with E-state index in [2.05, 4.69) is 17.0 Å². The Balaban J connectivity index is 1.30. The molecule has 2 bridgehead atoms. The highest BCUT2D eigenvalue weighted by molar-refractivity contribution is 6.37. The predicted molar refractivity (Wildman–Crippen MR) is 129 cm³/mol. The van der Waals surface area contributed by atoms with Crippen LogP contribution in [0.4, 0.5) is 13.2 Å². The number of carboxylic acids is 1. The highest BCUT2D eigenvalue weighted by Crippen LogP contribution is 2.41. The van der Waals surface area contributed by atoms with Crippen LogP contribution in [0.1, 0.15) is 63.4 Å². The number of rotatable bonds is 5. The van der Waals surface area contributed by atoms with Crippen molar-refractivity contribution in [1.29, 1.82) is 0 Å². The van der Waals surface area contributed by atoms with Gasteiger partial charge in [-0.1, -0.05) is 36.2 Å². The molecule has 5 rings (SSSR count). The molecule has 2 heterocycles. The number of alkyl halides is 3. The van der Waals surface area contributed by atoms with Crippen molar-refractivity contribution < 1.29 is 27.8 Å². The van der Waals surface area contributed by atoms with Crippen molar-refractivity contribution in [3.63, 3.8) is 0 Å². The van der Waals surface area contributed by atoms with Crippen LogP contribution in [0.3, 0.4) is 0 Å². The number of nitrogens with zero attached hydrogens (tertiary/aromatic N) is 1. The summed E-state index contributed by atoms with van der Waals surface area (Å²) in [6.45, 7) is 0.750. The first-order chi connectivity index (χ1) is 16.7. The Morgan fingerprint density at radius 3 is 2.31 bits per heavy atom. The molecule has 2 unspecified atom stereocenters. The number of carbonyl (C=O) groups is 1. The molecule has 3 aliphatic rings. The second-order valence-corrected chi connectivity index (χ2v) is 10.9. The van der Waals surface area contributed by atoms with E-state index in [9.17, 15) is 23.1 Å². The van der Waals surface area contributed by atoms with Gasteiger partial charge in [0.05, 0.1) is 23.0 Å². The molecule has 1 N–H and O–H groups in total. The summed E-state index contributed by atoms with van der Waals surface area (Å²) < 4.78 is 45.0. The van der Waals surface area contributed by atoms with Crippen molar-refractivity contribution in [3.8, 4) is 5.75 Å². The van der Waals surface area contributed by atoms with Gasteiger partial charge in [-0.3, -0.25) is 9.69 Å². The first-order valence-electron chi connectivity index (χ1n) is 12.6. The smallest absolute Gasteiger partial charge is 0.391 e. The standard InChI is InChI=1S/C27H31ClF3NO3/c28-25-23-12-16(15-32-20-2-1-3-21(32)14-18(13-20)26(33)34)4-5-17(23)6-11-24(25)35-22-9-7-19(8-10-22)27(29,30)31/h4-6,11-12,18-22H,1-3,7-10,13-15H2,(H,33,34)/t18?,19-,20?,21?,22+. The average molecular weight is 510 g/mol. The lowest BCUT2D eigenvalue weighted by atomic mass is 9.78. The predicted octanol–water partition coefficient (Wildman–Crippen LogP) is 7.21. The summed E-state index contributed by atoms with van der Waals surface area (Å²) in [5, 5.41) is 11.9. The SMILES string of the molecule is O=C(O)C1CC2CCCC(C1)N2Cc1ccc2ccc(O[C@H]3CC[C@@H](C(F)(F)F)CC3)c(Cl)c2c1. The van der Waals surface area contributed by atoms with Gasteiger partial charge in [0.15, 0.2) is 0 Å². The van der Waals surface area contributed by atoms with Crippen LogP contribution >= 0.6 is 11.6 Å². The summed E-state index contributed by atoms with van der Waals surface area (Å²) in [6.07, 6.45) is 1.13. The van der Waals surface area contributed by atoms with Crippen molar-refractivity contribution in [3.05, 3.63) is 40.9 Å². The first kappa shape index (κ1) is 24.7. The lowest BCUT2D eigenvalue weighted by molar-refractivity contribution is -0.185. The summed E-state index contributed by atoms with van der Waals surface area (Å²) in [5.41, 5.74) is 1.12. The Kier molecular flexibility index (Phi) is 6.92. The Morgan fingerprint density at radius 2 is 1.69 bits per heavy atom.